The van der Waals surface area contributed by atoms with E-state index in [2.05, 4.69) is 5.10 Å². The highest BCUT2D eigenvalue weighted by molar-refractivity contribution is 6.03. The number of hydrogen-bond acceptors (Lipinski definition) is 6. The molecule has 1 aliphatic rings. The zero-order chi connectivity index (χ0) is 26.7. The van der Waals surface area contributed by atoms with Gasteiger partial charge in [-0.05, 0) is 56.2 Å². The molecule has 0 radical (unpaired) electrons. The van der Waals surface area contributed by atoms with Crippen LogP contribution in [0.25, 0.3) is 11.3 Å². The zero-order valence-corrected chi connectivity index (χ0v) is 20.1. The normalized spacial score (nSPS) is 16.6. The largest absolute Gasteiger partial charge is 0.454 e. The number of hydrogen-bond donors (Lipinski definition) is 3. The minimum absolute atomic E-state index is 0.0516. The molecule has 0 spiro atoms. The third kappa shape index (κ3) is 5.78. The predicted molar refractivity (Wildman–Crippen MR) is 133 cm³/mol. The highest BCUT2D eigenvalue weighted by Crippen LogP contribution is 2.33. The van der Waals surface area contributed by atoms with E-state index >= 15 is 0 Å². The van der Waals surface area contributed by atoms with E-state index in [4.69, 9.17) is 16.2 Å². The number of nitrogens with zero attached hydrogens (tertiary/aromatic N) is 3. The highest BCUT2D eigenvalue weighted by Gasteiger charge is 2.29. The summed E-state index contributed by atoms with van der Waals surface area (Å²) in [6.07, 6.45) is 3.39. The second kappa shape index (κ2) is 10.8. The van der Waals surface area contributed by atoms with Gasteiger partial charge in [0.2, 0.25) is 5.91 Å². The number of ether oxygens (including phenoxy) is 1. The lowest BCUT2D eigenvalue weighted by atomic mass is 10.1. The van der Waals surface area contributed by atoms with Crippen molar-refractivity contribution in [3.8, 4) is 22.8 Å². The Labute approximate surface area is 211 Å². The van der Waals surface area contributed by atoms with Crippen LogP contribution in [0.4, 0.5) is 14.6 Å². The van der Waals surface area contributed by atoms with Crippen molar-refractivity contribution in [2.45, 2.75) is 31.9 Å². The van der Waals surface area contributed by atoms with Crippen molar-refractivity contribution in [1.29, 1.82) is 0 Å². The SMILES string of the molecule is C[C@H](O)/C=C/C(=O)N1CCC[C@@H](n2nc(-c3ccc(Oc4ccc(F)cc4F)cc3)c(C(N)=O)c2N)C1. The molecule has 5 N–H and O–H groups in total. The molecule has 0 aliphatic carbocycles. The van der Waals surface area contributed by atoms with Crippen LogP contribution >= 0.6 is 0 Å². The number of nitrogens with two attached hydrogens (primary N) is 2. The van der Waals surface area contributed by atoms with Gasteiger partial charge in [0.25, 0.3) is 5.91 Å². The number of amides is 2. The van der Waals surface area contributed by atoms with Crippen LogP contribution in [0.1, 0.15) is 36.2 Å². The molecule has 2 aromatic carbocycles. The minimum atomic E-state index is -0.840. The number of anilines is 1. The van der Waals surface area contributed by atoms with E-state index in [0.717, 1.165) is 12.1 Å². The molecule has 1 aromatic heterocycles. The number of carbonyl (C=O) groups is 2. The van der Waals surface area contributed by atoms with Gasteiger partial charge < -0.3 is 26.2 Å². The van der Waals surface area contributed by atoms with Gasteiger partial charge in [-0.2, -0.15) is 5.10 Å². The Morgan fingerprint density at radius 2 is 1.95 bits per heavy atom. The first kappa shape index (κ1) is 25.8. The number of piperidine rings is 1. The first-order valence-corrected chi connectivity index (χ1v) is 11.7. The first-order chi connectivity index (χ1) is 17.6. The summed E-state index contributed by atoms with van der Waals surface area (Å²) in [4.78, 5) is 26.4. The van der Waals surface area contributed by atoms with Crippen LogP contribution in [0.3, 0.4) is 0 Å². The van der Waals surface area contributed by atoms with Crippen LogP contribution < -0.4 is 16.2 Å². The molecular formula is C26H27F2N5O4. The molecular weight excluding hydrogens is 484 g/mol. The van der Waals surface area contributed by atoms with E-state index in [1.807, 2.05) is 0 Å². The molecule has 4 rings (SSSR count). The number of primary amides is 1. The fourth-order valence-corrected chi connectivity index (χ4v) is 4.22. The molecule has 0 unspecified atom stereocenters. The summed E-state index contributed by atoms with van der Waals surface area (Å²) in [5.41, 5.74) is 12.8. The van der Waals surface area contributed by atoms with Crippen LogP contribution in [-0.2, 0) is 4.79 Å². The Hall–Kier alpha value is -4.25. The van der Waals surface area contributed by atoms with Crippen LogP contribution in [0.15, 0.2) is 54.6 Å². The maximum absolute atomic E-state index is 13.9. The second-order valence-electron chi connectivity index (χ2n) is 8.80. The molecule has 3 aromatic rings. The maximum Gasteiger partial charge on any atom is 0.254 e. The molecule has 1 saturated heterocycles. The van der Waals surface area contributed by atoms with E-state index in [1.165, 1.54) is 22.9 Å². The number of aromatic nitrogens is 2. The smallest absolute Gasteiger partial charge is 0.254 e. The molecule has 1 aliphatic heterocycles. The highest BCUT2D eigenvalue weighted by atomic mass is 19.1. The van der Waals surface area contributed by atoms with E-state index in [0.29, 0.717) is 31.5 Å². The van der Waals surface area contributed by atoms with E-state index in [1.54, 1.807) is 36.1 Å². The first-order valence-electron chi connectivity index (χ1n) is 11.7. The van der Waals surface area contributed by atoms with Gasteiger partial charge in [-0.15, -0.1) is 0 Å². The molecule has 2 heterocycles. The number of rotatable bonds is 7. The van der Waals surface area contributed by atoms with Gasteiger partial charge in [0.05, 0.1) is 12.1 Å². The maximum atomic E-state index is 13.9. The van der Waals surface area contributed by atoms with Gasteiger partial charge in [-0.1, -0.05) is 6.08 Å². The number of likely N-dealkylation sites (tertiary alicyclic amines) is 1. The Morgan fingerprint density at radius 1 is 1.22 bits per heavy atom. The molecule has 37 heavy (non-hydrogen) atoms. The molecule has 2 atom stereocenters. The third-order valence-corrected chi connectivity index (χ3v) is 6.01. The minimum Gasteiger partial charge on any atom is -0.454 e. The van der Waals surface area contributed by atoms with Gasteiger partial charge >= 0.3 is 0 Å². The van der Waals surface area contributed by atoms with Gasteiger partial charge in [-0.25, -0.2) is 13.5 Å². The standard InChI is InChI=1S/C26H27F2N5O4/c1-15(34)4-11-22(35)32-12-2-3-18(14-32)33-25(29)23(26(30)36)24(31-33)16-5-8-19(9-6-16)37-21-10-7-17(27)13-20(21)28/h4-11,13,15,18,34H,2-3,12,14,29H2,1H3,(H2,30,36)/b11-4+/t15-,18+/m0/s1. The molecule has 1 fully saturated rings. The molecule has 11 heteroatoms. The summed E-state index contributed by atoms with van der Waals surface area (Å²) in [5, 5.41) is 14.0. The lowest BCUT2D eigenvalue weighted by Crippen LogP contribution is -2.40. The lowest BCUT2D eigenvalue weighted by molar-refractivity contribution is -0.127. The number of halogens is 2. The number of aliphatic hydroxyl groups excluding tert-OH is 1. The van der Waals surface area contributed by atoms with Crippen molar-refractivity contribution in [2.75, 3.05) is 18.8 Å². The van der Waals surface area contributed by atoms with Crippen LogP contribution in [0.2, 0.25) is 0 Å². The fourth-order valence-electron chi connectivity index (χ4n) is 4.22. The van der Waals surface area contributed by atoms with Crippen molar-refractivity contribution in [1.82, 2.24) is 14.7 Å². The Kier molecular flexibility index (Phi) is 7.53. The Balaban J connectivity index is 1.59. The zero-order valence-electron chi connectivity index (χ0n) is 20.1. The van der Waals surface area contributed by atoms with Gasteiger partial charge in [-0.3, -0.25) is 9.59 Å². The van der Waals surface area contributed by atoms with E-state index in [9.17, 15) is 23.5 Å². The van der Waals surface area contributed by atoms with Crippen molar-refractivity contribution >= 4 is 17.6 Å². The molecule has 2 amide bonds. The summed E-state index contributed by atoms with van der Waals surface area (Å²) >= 11 is 0. The predicted octanol–water partition coefficient (Wildman–Crippen LogP) is 3.40. The molecule has 9 nitrogen and oxygen atoms in total. The lowest BCUT2D eigenvalue weighted by Gasteiger charge is -2.32. The molecule has 0 saturated carbocycles. The number of benzene rings is 2. The quantitative estimate of drug-likeness (QED) is 0.416. The molecule has 0 bridgehead atoms. The summed E-state index contributed by atoms with van der Waals surface area (Å²) in [6.45, 7) is 2.43. The number of aliphatic hydroxyl groups is 1. The summed E-state index contributed by atoms with van der Waals surface area (Å²) < 4.78 is 34.1. The van der Waals surface area contributed by atoms with Crippen LogP contribution in [0.5, 0.6) is 11.5 Å². The van der Waals surface area contributed by atoms with Crippen molar-refractivity contribution < 1.29 is 28.2 Å². The average molecular weight is 512 g/mol. The number of carbonyl (C=O) groups excluding carboxylic acids is 2. The van der Waals surface area contributed by atoms with Crippen LogP contribution in [0, 0.1) is 11.6 Å². The van der Waals surface area contributed by atoms with Gasteiger partial charge in [0.15, 0.2) is 11.6 Å². The van der Waals surface area contributed by atoms with Gasteiger partial charge in [0, 0.05) is 30.8 Å². The monoisotopic (exact) mass is 511 g/mol. The summed E-state index contributed by atoms with van der Waals surface area (Å²) in [7, 11) is 0. The average Bonchev–Trinajstić information content (AvgIpc) is 3.22. The summed E-state index contributed by atoms with van der Waals surface area (Å²) in [5.74, 6) is -2.30. The Bertz CT molecular complexity index is 1340. The third-order valence-electron chi connectivity index (χ3n) is 6.01. The number of nitrogen functional groups attached to an aromatic ring is 1. The van der Waals surface area contributed by atoms with E-state index < -0.39 is 23.6 Å². The summed E-state index contributed by atoms with van der Waals surface area (Å²) in [6, 6.07) is 9.05. The molecule has 194 valence electrons. The van der Waals surface area contributed by atoms with E-state index in [-0.39, 0.29) is 40.5 Å². The van der Waals surface area contributed by atoms with Crippen molar-refractivity contribution in [3.63, 3.8) is 0 Å². The van der Waals surface area contributed by atoms with Crippen LogP contribution in [-0.4, -0.2) is 50.8 Å². The Morgan fingerprint density at radius 3 is 2.59 bits per heavy atom. The van der Waals surface area contributed by atoms with Crippen molar-refractivity contribution in [3.05, 3.63) is 71.8 Å². The van der Waals surface area contributed by atoms with Gasteiger partial charge in [0.1, 0.15) is 28.6 Å². The fraction of sp³-hybridized carbons (Fsp3) is 0.269. The topological polar surface area (TPSA) is 137 Å². The second-order valence-corrected chi connectivity index (χ2v) is 8.80. The van der Waals surface area contributed by atoms with Crippen molar-refractivity contribution in [2.24, 2.45) is 5.73 Å².